The molecule has 0 unspecified atom stereocenters. The van der Waals surface area contributed by atoms with Gasteiger partial charge < -0.3 is 13.9 Å². The van der Waals surface area contributed by atoms with Crippen LogP contribution in [-0.2, 0) is 13.1 Å². The maximum Gasteiger partial charge on any atom is 0.255 e. The Morgan fingerprint density at radius 2 is 1.96 bits per heavy atom. The SMILES string of the molecule is Cc1cc(C(=O)N(C)Cc2ccccc2F)c(C)n1Cc1ccco1. The Balaban J connectivity index is 1.81. The maximum absolute atomic E-state index is 13.8. The fraction of sp³-hybridized carbons (Fsp3) is 0.250. The predicted molar refractivity (Wildman–Crippen MR) is 93.9 cm³/mol. The molecule has 0 N–H and O–H groups in total. The molecule has 2 aromatic heterocycles. The third-order valence-corrected chi connectivity index (χ3v) is 4.41. The summed E-state index contributed by atoms with van der Waals surface area (Å²) in [5.74, 6) is 0.410. The van der Waals surface area contributed by atoms with Crippen LogP contribution in [0.3, 0.4) is 0 Å². The molecule has 0 bridgehead atoms. The Morgan fingerprint density at radius 1 is 1.20 bits per heavy atom. The minimum Gasteiger partial charge on any atom is -0.467 e. The number of amides is 1. The molecule has 4 nitrogen and oxygen atoms in total. The first-order chi connectivity index (χ1) is 12.0. The predicted octanol–water partition coefficient (Wildman–Crippen LogP) is 4.16. The number of furan rings is 1. The van der Waals surface area contributed by atoms with E-state index >= 15 is 0 Å². The van der Waals surface area contributed by atoms with Crippen LogP contribution < -0.4 is 0 Å². The van der Waals surface area contributed by atoms with Crippen molar-refractivity contribution in [1.29, 1.82) is 0 Å². The zero-order valence-electron chi connectivity index (χ0n) is 14.6. The first-order valence-corrected chi connectivity index (χ1v) is 8.15. The monoisotopic (exact) mass is 340 g/mol. The fourth-order valence-corrected chi connectivity index (χ4v) is 2.98. The van der Waals surface area contributed by atoms with Crippen molar-refractivity contribution in [2.45, 2.75) is 26.9 Å². The van der Waals surface area contributed by atoms with Crippen molar-refractivity contribution in [3.05, 3.63) is 82.8 Å². The summed E-state index contributed by atoms with van der Waals surface area (Å²) in [5.41, 5.74) is 2.99. The summed E-state index contributed by atoms with van der Waals surface area (Å²) in [7, 11) is 1.69. The molecule has 2 heterocycles. The number of benzene rings is 1. The number of hydrogen-bond acceptors (Lipinski definition) is 2. The van der Waals surface area contributed by atoms with Gasteiger partial charge in [0, 0.05) is 30.5 Å². The second kappa shape index (κ2) is 6.97. The normalized spacial score (nSPS) is 10.9. The quantitative estimate of drug-likeness (QED) is 0.699. The molecule has 1 amide bonds. The van der Waals surface area contributed by atoms with Gasteiger partial charge in [-0.25, -0.2) is 4.39 Å². The van der Waals surface area contributed by atoms with E-state index in [9.17, 15) is 9.18 Å². The molecule has 0 aliphatic heterocycles. The van der Waals surface area contributed by atoms with Gasteiger partial charge in [-0.05, 0) is 38.1 Å². The zero-order valence-corrected chi connectivity index (χ0v) is 14.6. The van der Waals surface area contributed by atoms with Crippen molar-refractivity contribution < 1.29 is 13.6 Å². The molecule has 130 valence electrons. The van der Waals surface area contributed by atoms with E-state index in [4.69, 9.17) is 4.42 Å². The number of aryl methyl sites for hydroxylation is 1. The Morgan fingerprint density at radius 3 is 2.64 bits per heavy atom. The first kappa shape index (κ1) is 17.0. The molecule has 0 spiro atoms. The molecule has 3 aromatic rings. The number of halogens is 1. The highest BCUT2D eigenvalue weighted by molar-refractivity contribution is 5.95. The van der Waals surface area contributed by atoms with Crippen molar-refractivity contribution in [3.63, 3.8) is 0 Å². The van der Waals surface area contributed by atoms with E-state index in [1.807, 2.05) is 36.6 Å². The molecule has 0 fully saturated rings. The lowest BCUT2D eigenvalue weighted by Crippen LogP contribution is -2.27. The van der Waals surface area contributed by atoms with E-state index in [0.29, 0.717) is 17.7 Å². The molecule has 0 saturated heterocycles. The number of carbonyl (C=O) groups is 1. The van der Waals surface area contributed by atoms with Crippen LogP contribution in [0.25, 0.3) is 0 Å². The molecular weight excluding hydrogens is 319 g/mol. The second-order valence-corrected chi connectivity index (χ2v) is 6.20. The highest BCUT2D eigenvalue weighted by Crippen LogP contribution is 2.20. The summed E-state index contributed by atoms with van der Waals surface area (Å²) < 4.78 is 21.3. The molecule has 1 aromatic carbocycles. The summed E-state index contributed by atoms with van der Waals surface area (Å²) in [6, 6.07) is 12.1. The van der Waals surface area contributed by atoms with Crippen LogP contribution in [-0.4, -0.2) is 22.4 Å². The maximum atomic E-state index is 13.8. The number of rotatable bonds is 5. The molecule has 0 saturated carbocycles. The Kier molecular flexibility index (Phi) is 4.74. The Labute approximate surface area is 146 Å². The van der Waals surface area contributed by atoms with Gasteiger partial charge in [-0.15, -0.1) is 0 Å². The number of carbonyl (C=O) groups excluding carboxylic acids is 1. The first-order valence-electron chi connectivity index (χ1n) is 8.15. The molecule has 3 rings (SSSR count). The van der Waals surface area contributed by atoms with Crippen molar-refractivity contribution in [1.82, 2.24) is 9.47 Å². The average molecular weight is 340 g/mol. The average Bonchev–Trinajstić information content (AvgIpc) is 3.20. The minimum atomic E-state index is -0.301. The van der Waals surface area contributed by atoms with E-state index in [0.717, 1.165) is 17.1 Å². The zero-order chi connectivity index (χ0) is 18.0. The molecule has 0 atom stereocenters. The van der Waals surface area contributed by atoms with Crippen LogP contribution in [0.15, 0.2) is 53.1 Å². The van der Waals surface area contributed by atoms with Gasteiger partial charge in [-0.1, -0.05) is 18.2 Å². The lowest BCUT2D eigenvalue weighted by atomic mass is 10.1. The van der Waals surface area contributed by atoms with Gasteiger partial charge in [-0.3, -0.25) is 4.79 Å². The van der Waals surface area contributed by atoms with Crippen molar-refractivity contribution in [2.75, 3.05) is 7.05 Å². The minimum absolute atomic E-state index is 0.123. The summed E-state index contributed by atoms with van der Waals surface area (Å²) >= 11 is 0. The molecular formula is C20H21FN2O2. The molecule has 0 aliphatic rings. The van der Waals surface area contributed by atoms with Gasteiger partial charge in [0.1, 0.15) is 11.6 Å². The molecule has 25 heavy (non-hydrogen) atoms. The summed E-state index contributed by atoms with van der Waals surface area (Å²) in [6.45, 7) is 4.69. The van der Waals surface area contributed by atoms with Gasteiger partial charge >= 0.3 is 0 Å². The molecule has 0 aliphatic carbocycles. The van der Waals surface area contributed by atoms with E-state index in [2.05, 4.69) is 0 Å². The highest BCUT2D eigenvalue weighted by atomic mass is 19.1. The smallest absolute Gasteiger partial charge is 0.255 e. The number of nitrogens with zero attached hydrogens (tertiary/aromatic N) is 2. The Bertz CT molecular complexity index is 881. The van der Waals surface area contributed by atoms with Crippen LogP contribution in [0.4, 0.5) is 4.39 Å². The van der Waals surface area contributed by atoms with Crippen LogP contribution in [0.2, 0.25) is 0 Å². The van der Waals surface area contributed by atoms with Gasteiger partial charge in [0.05, 0.1) is 18.4 Å². The van der Waals surface area contributed by atoms with Crippen LogP contribution in [0.5, 0.6) is 0 Å². The van der Waals surface area contributed by atoms with Gasteiger partial charge in [0.15, 0.2) is 0 Å². The van der Waals surface area contributed by atoms with Crippen LogP contribution in [0, 0.1) is 19.7 Å². The third-order valence-electron chi connectivity index (χ3n) is 4.41. The number of aromatic nitrogens is 1. The van der Waals surface area contributed by atoms with Crippen LogP contribution in [0.1, 0.15) is 33.1 Å². The topological polar surface area (TPSA) is 38.4 Å². The number of hydrogen-bond donors (Lipinski definition) is 0. The lowest BCUT2D eigenvalue weighted by Gasteiger charge is -2.18. The molecule has 0 radical (unpaired) electrons. The van der Waals surface area contributed by atoms with Crippen molar-refractivity contribution in [3.8, 4) is 0 Å². The largest absolute Gasteiger partial charge is 0.467 e. The highest BCUT2D eigenvalue weighted by Gasteiger charge is 2.20. The van der Waals surface area contributed by atoms with Gasteiger partial charge in [0.2, 0.25) is 0 Å². The van der Waals surface area contributed by atoms with Crippen LogP contribution >= 0.6 is 0 Å². The van der Waals surface area contributed by atoms with Gasteiger partial charge in [-0.2, -0.15) is 0 Å². The van der Waals surface area contributed by atoms with E-state index in [-0.39, 0.29) is 18.3 Å². The summed E-state index contributed by atoms with van der Waals surface area (Å²) in [6.07, 6.45) is 1.64. The standard InChI is InChI=1S/C20H21FN2O2/c1-14-11-18(15(2)23(14)13-17-8-6-10-25-17)20(24)22(3)12-16-7-4-5-9-19(16)21/h4-11H,12-13H2,1-3H3. The third kappa shape index (κ3) is 3.50. The van der Waals surface area contributed by atoms with Crippen molar-refractivity contribution in [2.24, 2.45) is 0 Å². The van der Waals surface area contributed by atoms with E-state index in [1.54, 1.807) is 31.5 Å². The van der Waals surface area contributed by atoms with E-state index < -0.39 is 0 Å². The second-order valence-electron chi connectivity index (χ2n) is 6.20. The Hall–Kier alpha value is -2.82. The summed E-state index contributed by atoms with van der Waals surface area (Å²) in [4.78, 5) is 14.4. The van der Waals surface area contributed by atoms with E-state index in [1.165, 1.54) is 11.0 Å². The molecule has 5 heteroatoms. The summed E-state index contributed by atoms with van der Waals surface area (Å²) in [5, 5.41) is 0. The van der Waals surface area contributed by atoms with Gasteiger partial charge in [0.25, 0.3) is 5.91 Å². The van der Waals surface area contributed by atoms with Crippen molar-refractivity contribution >= 4 is 5.91 Å². The fourth-order valence-electron chi connectivity index (χ4n) is 2.98. The lowest BCUT2D eigenvalue weighted by molar-refractivity contribution is 0.0783.